The summed E-state index contributed by atoms with van der Waals surface area (Å²) in [7, 11) is 1.31. The predicted octanol–water partition coefficient (Wildman–Crippen LogP) is 2.44. The minimum absolute atomic E-state index is 0.195. The first-order valence-electron chi connectivity index (χ1n) is 7.61. The summed E-state index contributed by atoms with van der Waals surface area (Å²) in [6, 6.07) is 7.22. The Hall–Kier alpha value is -2.35. The third-order valence-electron chi connectivity index (χ3n) is 3.69. The summed E-state index contributed by atoms with van der Waals surface area (Å²) in [5.74, 6) is 0.374. The van der Waals surface area contributed by atoms with Crippen LogP contribution in [-0.2, 0) is 9.53 Å². The fourth-order valence-corrected chi connectivity index (χ4v) is 3.25. The molecule has 1 amide bonds. The van der Waals surface area contributed by atoms with Gasteiger partial charge in [-0.25, -0.2) is 4.79 Å². The lowest BCUT2D eigenvalue weighted by Crippen LogP contribution is -2.17. The molecule has 1 fully saturated rings. The summed E-state index contributed by atoms with van der Waals surface area (Å²) in [6.07, 6.45) is 2.26. The molecule has 1 heterocycles. The van der Waals surface area contributed by atoms with E-state index in [-0.39, 0.29) is 11.7 Å². The second-order valence-electron chi connectivity index (χ2n) is 5.50. The molecule has 0 aliphatic heterocycles. The molecule has 1 aliphatic carbocycles. The van der Waals surface area contributed by atoms with Crippen LogP contribution in [0.25, 0.3) is 0 Å². The van der Waals surface area contributed by atoms with E-state index in [1.807, 2.05) is 6.92 Å². The normalized spacial score (nSPS) is 13.6. The quantitative estimate of drug-likeness (QED) is 0.639. The van der Waals surface area contributed by atoms with Gasteiger partial charge in [0.05, 0.1) is 24.1 Å². The summed E-state index contributed by atoms with van der Waals surface area (Å²) in [5, 5.41) is 11.7. The van der Waals surface area contributed by atoms with Gasteiger partial charge < -0.3 is 14.6 Å². The topological polar surface area (TPSA) is 86.1 Å². The number of carbonyl (C=O) groups is 2. The van der Waals surface area contributed by atoms with Crippen LogP contribution >= 0.6 is 11.8 Å². The molecule has 0 unspecified atom stereocenters. The Morgan fingerprint density at radius 1 is 1.33 bits per heavy atom. The molecule has 0 spiro atoms. The van der Waals surface area contributed by atoms with Gasteiger partial charge in [-0.05, 0) is 31.9 Å². The molecular weight excluding hydrogens is 328 g/mol. The van der Waals surface area contributed by atoms with Gasteiger partial charge in [0.1, 0.15) is 5.82 Å². The van der Waals surface area contributed by atoms with E-state index in [2.05, 4.69) is 20.1 Å². The number of aryl methyl sites for hydroxylation is 1. The highest BCUT2D eigenvalue weighted by atomic mass is 32.2. The molecule has 24 heavy (non-hydrogen) atoms. The Labute approximate surface area is 143 Å². The number of hydrogen-bond acceptors (Lipinski definition) is 6. The summed E-state index contributed by atoms with van der Waals surface area (Å²) in [5.41, 5.74) is 0.769. The van der Waals surface area contributed by atoms with E-state index in [9.17, 15) is 9.59 Å². The number of aromatic nitrogens is 3. The average molecular weight is 346 g/mol. The fraction of sp³-hybridized carbons (Fsp3) is 0.375. The molecule has 1 aromatic heterocycles. The number of ether oxygens (including phenoxy) is 1. The van der Waals surface area contributed by atoms with Gasteiger partial charge in [-0.15, -0.1) is 10.2 Å². The first kappa shape index (κ1) is 16.5. The third-order valence-corrected chi connectivity index (χ3v) is 4.63. The van der Waals surface area contributed by atoms with Crippen LogP contribution in [0.2, 0.25) is 0 Å². The highest BCUT2D eigenvalue weighted by molar-refractivity contribution is 7.99. The summed E-state index contributed by atoms with van der Waals surface area (Å²) in [4.78, 5) is 23.9. The van der Waals surface area contributed by atoms with Crippen molar-refractivity contribution in [3.63, 3.8) is 0 Å². The largest absolute Gasteiger partial charge is 0.465 e. The van der Waals surface area contributed by atoms with Crippen LogP contribution in [0.4, 0.5) is 5.69 Å². The van der Waals surface area contributed by atoms with Gasteiger partial charge in [-0.3, -0.25) is 4.79 Å². The van der Waals surface area contributed by atoms with Crippen molar-refractivity contribution in [1.29, 1.82) is 0 Å². The monoisotopic (exact) mass is 346 g/mol. The minimum Gasteiger partial charge on any atom is -0.465 e. The van der Waals surface area contributed by atoms with Gasteiger partial charge >= 0.3 is 5.97 Å². The van der Waals surface area contributed by atoms with Crippen molar-refractivity contribution in [2.45, 2.75) is 31.0 Å². The maximum atomic E-state index is 12.2. The molecule has 2 aromatic rings. The molecule has 1 N–H and O–H groups in total. The summed E-state index contributed by atoms with van der Waals surface area (Å²) >= 11 is 1.34. The van der Waals surface area contributed by atoms with E-state index in [0.29, 0.717) is 17.3 Å². The van der Waals surface area contributed by atoms with E-state index in [4.69, 9.17) is 4.74 Å². The number of thioether (sulfide) groups is 1. The van der Waals surface area contributed by atoms with Crippen molar-refractivity contribution in [1.82, 2.24) is 14.8 Å². The highest BCUT2D eigenvalue weighted by Gasteiger charge is 2.28. The van der Waals surface area contributed by atoms with Gasteiger partial charge in [0.15, 0.2) is 5.16 Å². The number of nitrogens with zero attached hydrogens (tertiary/aromatic N) is 3. The zero-order chi connectivity index (χ0) is 17.1. The van der Waals surface area contributed by atoms with E-state index < -0.39 is 5.97 Å². The van der Waals surface area contributed by atoms with Crippen LogP contribution in [0.5, 0.6) is 0 Å². The van der Waals surface area contributed by atoms with Crippen molar-refractivity contribution < 1.29 is 14.3 Å². The van der Waals surface area contributed by atoms with Gasteiger partial charge in [0.25, 0.3) is 0 Å². The first-order chi connectivity index (χ1) is 11.6. The number of amides is 1. The van der Waals surface area contributed by atoms with Crippen LogP contribution in [0.3, 0.4) is 0 Å². The molecule has 0 radical (unpaired) electrons. The molecule has 1 saturated carbocycles. The molecule has 7 nitrogen and oxygen atoms in total. The Morgan fingerprint density at radius 3 is 2.79 bits per heavy atom. The molecule has 1 aliphatic rings. The molecule has 126 valence electrons. The Balaban J connectivity index is 1.64. The number of hydrogen-bond donors (Lipinski definition) is 1. The highest BCUT2D eigenvalue weighted by Crippen LogP contribution is 2.38. The standard InChI is InChI=1S/C16H18N4O3S/c1-10-18-19-16(20(10)11-7-8-11)24-9-14(21)17-13-6-4-3-5-12(13)15(22)23-2/h3-6,11H,7-9H2,1-2H3,(H,17,21). The van der Waals surface area contributed by atoms with E-state index in [1.54, 1.807) is 24.3 Å². The van der Waals surface area contributed by atoms with Crippen molar-refractivity contribution in [3.8, 4) is 0 Å². The third kappa shape index (κ3) is 3.59. The van der Waals surface area contributed by atoms with Crippen LogP contribution in [0, 0.1) is 6.92 Å². The SMILES string of the molecule is COC(=O)c1ccccc1NC(=O)CSc1nnc(C)n1C1CC1. The lowest BCUT2D eigenvalue weighted by Gasteiger charge is -2.10. The molecule has 8 heteroatoms. The van der Waals surface area contributed by atoms with E-state index >= 15 is 0 Å². The molecular formula is C16H18N4O3S. The first-order valence-corrected chi connectivity index (χ1v) is 8.60. The zero-order valence-corrected chi connectivity index (χ0v) is 14.3. The summed E-state index contributed by atoms with van der Waals surface area (Å²) < 4.78 is 6.81. The minimum atomic E-state index is -0.484. The Morgan fingerprint density at radius 2 is 2.08 bits per heavy atom. The average Bonchev–Trinajstić information content (AvgIpc) is 3.35. The molecule has 0 atom stereocenters. The molecule has 3 rings (SSSR count). The number of carbonyl (C=O) groups excluding carboxylic acids is 2. The van der Waals surface area contributed by atoms with Crippen LogP contribution in [-0.4, -0.2) is 39.5 Å². The second kappa shape index (κ2) is 7.04. The number of nitrogens with one attached hydrogen (secondary N) is 1. The lowest BCUT2D eigenvalue weighted by atomic mass is 10.2. The predicted molar refractivity (Wildman–Crippen MR) is 90.2 cm³/mol. The van der Waals surface area contributed by atoms with Gasteiger partial charge in [-0.2, -0.15) is 0 Å². The fourth-order valence-electron chi connectivity index (χ4n) is 2.40. The molecule has 1 aromatic carbocycles. The maximum Gasteiger partial charge on any atom is 0.339 e. The number of anilines is 1. The number of benzene rings is 1. The van der Waals surface area contributed by atoms with Crippen molar-refractivity contribution in [2.24, 2.45) is 0 Å². The van der Waals surface area contributed by atoms with Gasteiger partial charge in [0, 0.05) is 6.04 Å². The van der Waals surface area contributed by atoms with E-state index in [0.717, 1.165) is 23.8 Å². The molecule has 0 bridgehead atoms. The smallest absolute Gasteiger partial charge is 0.339 e. The Kier molecular flexibility index (Phi) is 4.84. The van der Waals surface area contributed by atoms with Gasteiger partial charge in [-0.1, -0.05) is 23.9 Å². The second-order valence-corrected chi connectivity index (χ2v) is 6.45. The van der Waals surface area contributed by atoms with Crippen molar-refractivity contribution in [2.75, 3.05) is 18.2 Å². The Bertz CT molecular complexity index is 770. The van der Waals surface area contributed by atoms with E-state index in [1.165, 1.54) is 18.9 Å². The number of rotatable bonds is 6. The summed E-state index contributed by atoms with van der Waals surface area (Å²) in [6.45, 7) is 1.92. The van der Waals surface area contributed by atoms with Gasteiger partial charge in [0.2, 0.25) is 5.91 Å². The van der Waals surface area contributed by atoms with Crippen molar-refractivity contribution in [3.05, 3.63) is 35.7 Å². The van der Waals surface area contributed by atoms with Crippen LogP contribution in [0.15, 0.2) is 29.4 Å². The van der Waals surface area contributed by atoms with Crippen LogP contribution in [0.1, 0.15) is 35.1 Å². The molecule has 0 saturated heterocycles. The number of esters is 1. The van der Waals surface area contributed by atoms with Crippen molar-refractivity contribution >= 4 is 29.3 Å². The number of methoxy groups -OCH3 is 1. The lowest BCUT2D eigenvalue weighted by molar-refractivity contribution is -0.113. The maximum absolute atomic E-state index is 12.2. The number of para-hydroxylation sites is 1. The zero-order valence-electron chi connectivity index (χ0n) is 13.5. The van der Waals surface area contributed by atoms with Crippen LogP contribution < -0.4 is 5.32 Å².